The normalized spacial score (nSPS) is 11.6. The highest BCUT2D eigenvalue weighted by molar-refractivity contribution is 6.33. The molecule has 0 aliphatic carbocycles. The van der Waals surface area contributed by atoms with Crippen LogP contribution in [0.5, 0.6) is 5.75 Å². The fraction of sp³-hybridized carbons (Fsp3) is 0.500. The fourth-order valence-corrected chi connectivity index (χ4v) is 2.06. The molecule has 0 unspecified atom stereocenters. The maximum Gasteiger partial charge on any atom is 0.140 e. The van der Waals surface area contributed by atoms with Crippen molar-refractivity contribution in [3.63, 3.8) is 0 Å². The van der Waals surface area contributed by atoms with Crippen molar-refractivity contribution in [3.05, 3.63) is 28.3 Å². The highest BCUT2D eigenvalue weighted by Crippen LogP contribution is 2.37. The Balaban J connectivity index is 3.36. The smallest absolute Gasteiger partial charge is 0.140 e. The van der Waals surface area contributed by atoms with E-state index in [0.29, 0.717) is 0 Å². The Morgan fingerprint density at radius 3 is 2.21 bits per heavy atom. The van der Waals surface area contributed by atoms with Gasteiger partial charge < -0.3 is 4.74 Å². The molecular formula is C12H17ClO. The molecule has 0 aliphatic heterocycles. The van der Waals surface area contributed by atoms with Crippen LogP contribution in [-0.2, 0) is 5.41 Å². The van der Waals surface area contributed by atoms with E-state index in [-0.39, 0.29) is 5.41 Å². The molecule has 0 aliphatic rings. The lowest BCUT2D eigenvalue weighted by Crippen LogP contribution is -2.12. The van der Waals surface area contributed by atoms with Crippen molar-refractivity contribution >= 4 is 11.6 Å². The second kappa shape index (κ2) is 3.82. The molecule has 0 spiro atoms. The molecule has 2 heteroatoms. The highest BCUT2D eigenvalue weighted by Gasteiger charge is 2.20. The van der Waals surface area contributed by atoms with Gasteiger partial charge in [0, 0.05) is 0 Å². The summed E-state index contributed by atoms with van der Waals surface area (Å²) >= 11 is 6.27. The van der Waals surface area contributed by atoms with E-state index < -0.39 is 0 Å². The predicted molar refractivity (Wildman–Crippen MR) is 61.4 cm³/mol. The summed E-state index contributed by atoms with van der Waals surface area (Å²) in [6.07, 6.45) is 0. The van der Waals surface area contributed by atoms with Gasteiger partial charge in [-0.3, -0.25) is 0 Å². The Kier molecular flexibility index (Phi) is 3.10. The van der Waals surface area contributed by atoms with Gasteiger partial charge in [0.05, 0.1) is 12.1 Å². The second-order valence-corrected chi connectivity index (χ2v) is 4.91. The number of hydrogen-bond donors (Lipinski definition) is 0. The molecule has 1 aromatic rings. The maximum atomic E-state index is 6.27. The summed E-state index contributed by atoms with van der Waals surface area (Å²) in [6.45, 7) is 8.42. The fourth-order valence-electron chi connectivity index (χ4n) is 1.48. The zero-order chi connectivity index (χ0) is 10.9. The first-order valence-corrected chi connectivity index (χ1v) is 5.09. The number of ether oxygens (including phenoxy) is 1. The minimum Gasteiger partial charge on any atom is -0.495 e. The molecule has 14 heavy (non-hydrogen) atoms. The van der Waals surface area contributed by atoms with E-state index in [1.807, 2.05) is 13.0 Å². The van der Waals surface area contributed by atoms with Crippen molar-refractivity contribution in [1.82, 2.24) is 0 Å². The summed E-state index contributed by atoms with van der Waals surface area (Å²) in [4.78, 5) is 0. The third-order valence-corrected chi connectivity index (χ3v) is 2.68. The second-order valence-electron chi connectivity index (χ2n) is 4.53. The number of halogens is 1. The van der Waals surface area contributed by atoms with Crippen LogP contribution in [0.25, 0.3) is 0 Å². The van der Waals surface area contributed by atoms with Crippen molar-refractivity contribution in [1.29, 1.82) is 0 Å². The lowest BCUT2D eigenvalue weighted by Gasteiger charge is -2.22. The quantitative estimate of drug-likeness (QED) is 0.685. The average Bonchev–Trinajstić information content (AvgIpc) is 2.02. The number of methoxy groups -OCH3 is 1. The largest absolute Gasteiger partial charge is 0.495 e. The molecular weight excluding hydrogens is 196 g/mol. The van der Waals surface area contributed by atoms with Gasteiger partial charge in [-0.05, 0) is 23.5 Å². The van der Waals surface area contributed by atoms with Crippen LogP contribution in [0.2, 0.25) is 5.02 Å². The first-order valence-electron chi connectivity index (χ1n) is 4.71. The maximum absolute atomic E-state index is 6.27. The molecule has 0 heterocycles. The Labute approximate surface area is 91.0 Å². The molecule has 0 saturated heterocycles. The monoisotopic (exact) mass is 212 g/mol. The minimum atomic E-state index is 0.0536. The van der Waals surface area contributed by atoms with Gasteiger partial charge in [-0.1, -0.05) is 44.5 Å². The van der Waals surface area contributed by atoms with E-state index in [0.717, 1.165) is 21.9 Å². The SMILES string of the molecule is COc1c(C)ccc(C(C)(C)C)c1Cl. The van der Waals surface area contributed by atoms with Crippen molar-refractivity contribution in [2.75, 3.05) is 7.11 Å². The Hall–Kier alpha value is -0.690. The van der Waals surface area contributed by atoms with Crippen molar-refractivity contribution in [2.45, 2.75) is 33.1 Å². The van der Waals surface area contributed by atoms with Crippen LogP contribution in [0.3, 0.4) is 0 Å². The van der Waals surface area contributed by atoms with Gasteiger partial charge in [-0.2, -0.15) is 0 Å². The molecule has 1 nitrogen and oxygen atoms in total. The summed E-state index contributed by atoms with van der Waals surface area (Å²) in [5.41, 5.74) is 2.25. The minimum absolute atomic E-state index is 0.0536. The van der Waals surface area contributed by atoms with Crippen LogP contribution in [0.4, 0.5) is 0 Å². The highest BCUT2D eigenvalue weighted by atomic mass is 35.5. The molecule has 0 amide bonds. The zero-order valence-corrected chi connectivity index (χ0v) is 10.2. The lowest BCUT2D eigenvalue weighted by atomic mass is 9.86. The number of aryl methyl sites for hydroxylation is 1. The lowest BCUT2D eigenvalue weighted by molar-refractivity contribution is 0.410. The van der Waals surface area contributed by atoms with E-state index in [1.54, 1.807) is 7.11 Å². The van der Waals surface area contributed by atoms with Gasteiger partial charge in [0.2, 0.25) is 0 Å². The molecule has 0 aromatic heterocycles. The van der Waals surface area contributed by atoms with Gasteiger partial charge >= 0.3 is 0 Å². The first-order chi connectivity index (χ1) is 6.38. The van der Waals surface area contributed by atoms with Crippen LogP contribution in [0.15, 0.2) is 12.1 Å². The molecule has 0 saturated carbocycles. The van der Waals surface area contributed by atoms with Gasteiger partial charge in [-0.25, -0.2) is 0 Å². The summed E-state index contributed by atoms with van der Waals surface area (Å²) in [7, 11) is 1.65. The third kappa shape index (κ3) is 2.03. The van der Waals surface area contributed by atoms with Crippen LogP contribution >= 0.6 is 11.6 Å². The molecule has 78 valence electrons. The van der Waals surface area contributed by atoms with Crippen molar-refractivity contribution < 1.29 is 4.74 Å². The summed E-state index contributed by atoms with van der Waals surface area (Å²) in [5.74, 6) is 0.791. The topological polar surface area (TPSA) is 9.23 Å². The Bertz CT molecular complexity index is 337. The molecule has 1 aromatic carbocycles. The number of benzene rings is 1. The molecule has 1 rings (SSSR count). The Morgan fingerprint density at radius 1 is 1.21 bits per heavy atom. The van der Waals surface area contributed by atoms with Gasteiger partial charge in [-0.15, -0.1) is 0 Å². The number of hydrogen-bond acceptors (Lipinski definition) is 1. The molecule has 0 atom stereocenters. The number of rotatable bonds is 1. The summed E-state index contributed by atoms with van der Waals surface area (Å²) in [6, 6.07) is 4.12. The van der Waals surface area contributed by atoms with Crippen molar-refractivity contribution in [3.8, 4) is 5.75 Å². The zero-order valence-electron chi connectivity index (χ0n) is 9.44. The third-order valence-electron chi connectivity index (χ3n) is 2.31. The van der Waals surface area contributed by atoms with E-state index in [2.05, 4.69) is 26.8 Å². The molecule has 0 bridgehead atoms. The van der Waals surface area contributed by atoms with Crippen LogP contribution in [0, 0.1) is 6.92 Å². The average molecular weight is 213 g/mol. The van der Waals surface area contributed by atoms with Crippen LogP contribution in [0.1, 0.15) is 31.9 Å². The summed E-state index contributed by atoms with van der Waals surface area (Å²) < 4.78 is 5.28. The molecule has 0 fully saturated rings. The first kappa shape index (κ1) is 11.4. The summed E-state index contributed by atoms with van der Waals surface area (Å²) in [5, 5.41) is 0.736. The Morgan fingerprint density at radius 2 is 1.79 bits per heavy atom. The molecule has 0 N–H and O–H groups in total. The van der Waals surface area contributed by atoms with Crippen LogP contribution < -0.4 is 4.74 Å². The standard InChI is InChI=1S/C12H17ClO/c1-8-6-7-9(12(2,3)4)10(13)11(8)14-5/h6-7H,1-5H3. The van der Waals surface area contributed by atoms with Gasteiger partial charge in [0.1, 0.15) is 5.75 Å². The predicted octanol–water partition coefficient (Wildman–Crippen LogP) is 3.95. The van der Waals surface area contributed by atoms with Gasteiger partial charge in [0.15, 0.2) is 0 Å². The molecule has 0 radical (unpaired) electrons. The van der Waals surface area contributed by atoms with Crippen molar-refractivity contribution in [2.24, 2.45) is 0 Å². The van der Waals surface area contributed by atoms with E-state index >= 15 is 0 Å². The van der Waals surface area contributed by atoms with Crippen LogP contribution in [-0.4, -0.2) is 7.11 Å². The van der Waals surface area contributed by atoms with E-state index in [9.17, 15) is 0 Å². The van der Waals surface area contributed by atoms with Gasteiger partial charge in [0.25, 0.3) is 0 Å². The van der Waals surface area contributed by atoms with E-state index in [1.165, 1.54) is 0 Å². The van der Waals surface area contributed by atoms with E-state index in [4.69, 9.17) is 16.3 Å².